The number of fused-ring (bicyclic) bond motifs is 1. The van der Waals surface area contributed by atoms with E-state index in [1.54, 1.807) is 4.57 Å². The van der Waals surface area contributed by atoms with Crippen LogP contribution < -0.4 is 0 Å². The Morgan fingerprint density at radius 1 is 1.32 bits per heavy atom. The van der Waals surface area contributed by atoms with Crippen LogP contribution in [0.3, 0.4) is 0 Å². The van der Waals surface area contributed by atoms with Crippen molar-refractivity contribution in [3.63, 3.8) is 0 Å². The quantitative estimate of drug-likeness (QED) is 0.649. The van der Waals surface area contributed by atoms with Crippen LogP contribution in [0.5, 0.6) is 0 Å². The van der Waals surface area contributed by atoms with E-state index in [-0.39, 0.29) is 5.52 Å². The second kappa shape index (κ2) is 4.89. The molecule has 0 aliphatic heterocycles. The number of aromatic amines is 1. The third-order valence-electron chi connectivity index (χ3n) is 3.62. The average Bonchev–Trinajstić information content (AvgIpc) is 2.99. The van der Waals surface area contributed by atoms with Crippen molar-refractivity contribution >= 4 is 23.3 Å². The van der Waals surface area contributed by atoms with E-state index in [0.29, 0.717) is 16.8 Å². The molecule has 1 aromatic heterocycles. The van der Waals surface area contributed by atoms with Gasteiger partial charge in [0.05, 0.1) is 5.52 Å². The first kappa shape index (κ1) is 12.5. The first-order valence-corrected chi connectivity index (χ1v) is 6.82. The van der Waals surface area contributed by atoms with Gasteiger partial charge in [0.2, 0.25) is 0 Å². The number of halogens is 2. The number of nitrogens with zero attached hydrogens (tertiary/aromatic N) is 1. The van der Waals surface area contributed by atoms with Gasteiger partial charge in [0, 0.05) is 6.54 Å². The maximum atomic E-state index is 13.9. The normalized spacial score (nSPS) is 15.2. The number of nitrogens with one attached hydrogen (secondary N) is 1. The summed E-state index contributed by atoms with van der Waals surface area (Å²) >= 11 is 5.19. The third kappa shape index (κ3) is 2.23. The smallest absolute Gasteiger partial charge is 0.184 e. The molecule has 100 valence electrons. The molecule has 0 unspecified atom stereocenters. The Balaban J connectivity index is 2.00. The van der Waals surface area contributed by atoms with E-state index in [9.17, 15) is 8.78 Å². The van der Waals surface area contributed by atoms with Crippen LogP contribution in [0.4, 0.5) is 8.78 Å². The summed E-state index contributed by atoms with van der Waals surface area (Å²) in [5.41, 5.74) is 2.17. The fourth-order valence-corrected chi connectivity index (χ4v) is 2.91. The molecule has 1 N–H and O–H groups in total. The van der Waals surface area contributed by atoms with E-state index < -0.39 is 11.6 Å². The predicted octanol–water partition coefficient (Wildman–Crippen LogP) is 4.48. The van der Waals surface area contributed by atoms with E-state index in [1.807, 2.05) is 0 Å². The van der Waals surface area contributed by atoms with Crippen molar-refractivity contribution in [1.82, 2.24) is 9.55 Å². The molecule has 2 aromatic rings. The van der Waals surface area contributed by atoms with Crippen LogP contribution >= 0.6 is 12.2 Å². The van der Waals surface area contributed by atoms with Gasteiger partial charge in [-0.3, -0.25) is 0 Å². The Kier molecular flexibility index (Phi) is 3.22. The SMILES string of the molecule is Fc1ccc2[nH]c(=S)n(CCC3=CCCC3)c2c1F. The fourth-order valence-electron chi connectivity index (χ4n) is 2.62. The van der Waals surface area contributed by atoms with E-state index in [1.165, 1.54) is 18.1 Å². The standard InChI is InChI=1S/C14H14F2N2S/c15-10-5-6-11-13(12(10)16)18(14(19)17-11)8-7-9-3-1-2-4-9/h3,5-6H,1-2,4,7-8H2,(H,17,19). The highest BCUT2D eigenvalue weighted by molar-refractivity contribution is 7.71. The predicted molar refractivity (Wildman–Crippen MR) is 73.6 cm³/mol. The molecule has 1 aliphatic rings. The minimum atomic E-state index is -0.838. The number of hydrogen-bond donors (Lipinski definition) is 1. The Labute approximate surface area is 114 Å². The highest BCUT2D eigenvalue weighted by Gasteiger charge is 2.14. The molecule has 0 spiro atoms. The summed E-state index contributed by atoms with van der Waals surface area (Å²) in [6, 6.07) is 2.64. The summed E-state index contributed by atoms with van der Waals surface area (Å²) in [6.45, 7) is 0.588. The summed E-state index contributed by atoms with van der Waals surface area (Å²) < 4.78 is 29.3. The minimum Gasteiger partial charge on any atom is -0.330 e. The third-order valence-corrected chi connectivity index (χ3v) is 3.94. The molecule has 1 aliphatic carbocycles. The highest BCUT2D eigenvalue weighted by Crippen LogP contribution is 2.24. The van der Waals surface area contributed by atoms with Crippen LogP contribution in [0.2, 0.25) is 0 Å². The van der Waals surface area contributed by atoms with Gasteiger partial charge in [-0.25, -0.2) is 8.78 Å². The molecule has 0 bridgehead atoms. The zero-order chi connectivity index (χ0) is 13.4. The van der Waals surface area contributed by atoms with Crippen molar-refractivity contribution in [3.05, 3.63) is 40.2 Å². The summed E-state index contributed by atoms with van der Waals surface area (Å²) in [6.07, 6.45) is 6.49. The van der Waals surface area contributed by atoms with Gasteiger partial charge in [0.1, 0.15) is 5.52 Å². The van der Waals surface area contributed by atoms with Crippen molar-refractivity contribution < 1.29 is 8.78 Å². The van der Waals surface area contributed by atoms with E-state index in [0.717, 1.165) is 25.3 Å². The molecule has 0 amide bonds. The number of imidazole rings is 1. The maximum Gasteiger partial charge on any atom is 0.184 e. The van der Waals surface area contributed by atoms with Gasteiger partial charge in [-0.2, -0.15) is 0 Å². The minimum absolute atomic E-state index is 0.239. The maximum absolute atomic E-state index is 13.9. The summed E-state index contributed by atoms with van der Waals surface area (Å²) in [5, 5.41) is 0. The van der Waals surface area contributed by atoms with Crippen molar-refractivity contribution in [1.29, 1.82) is 0 Å². The van der Waals surface area contributed by atoms with Crippen molar-refractivity contribution in [2.24, 2.45) is 0 Å². The summed E-state index contributed by atoms with van der Waals surface area (Å²) in [7, 11) is 0. The molecule has 1 heterocycles. The van der Waals surface area contributed by atoms with Crippen molar-refractivity contribution in [3.8, 4) is 0 Å². The second-order valence-electron chi connectivity index (χ2n) is 4.84. The van der Waals surface area contributed by atoms with Crippen LogP contribution in [-0.2, 0) is 6.54 Å². The fraction of sp³-hybridized carbons (Fsp3) is 0.357. The van der Waals surface area contributed by atoms with Crippen LogP contribution in [0.15, 0.2) is 23.8 Å². The highest BCUT2D eigenvalue weighted by atomic mass is 32.1. The monoisotopic (exact) mass is 280 g/mol. The van der Waals surface area contributed by atoms with Gasteiger partial charge >= 0.3 is 0 Å². The molecule has 5 heteroatoms. The molecule has 19 heavy (non-hydrogen) atoms. The number of benzene rings is 1. The van der Waals surface area contributed by atoms with Gasteiger partial charge in [0.25, 0.3) is 0 Å². The Morgan fingerprint density at radius 2 is 2.16 bits per heavy atom. The molecule has 2 nitrogen and oxygen atoms in total. The first-order chi connectivity index (χ1) is 9.16. The van der Waals surface area contributed by atoms with E-state index in [4.69, 9.17) is 12.2 Å². The molecule has 0 saturated heterocycles. The molecule has 0 radical (unpaired) electrons. The number of aryl methyl sites for hydroxylation is 1. The summed E-state index contributed by atoms with van der Waals surface area (Å²) in [5.74, 6) is -1.67. The number of hydrogen-bond acceptors (Lipinski definition) is 1. The van der Waals surface area contributed by atoms with Crippen LogP contribution in [-0.4, -0.2) is 9.55 Å². The summed E-state index contributed by atoms with van der Waals surface area (Å²) in [4.78, 5) is 2.92. The Bertz CT molecular complexity index is 712. The molecule has 0 atom stereocenters. The lowest BCUT2D eigenvalue weighted by atomic mass is 10.1. The lowest BCUT2D eigenvalue weighted by molar-refractivity contribution is 0.510. The van der Waals surface area contributed by atoms with Gasteiger partial charge in [-0.1, -0.05) is 11.6 Å². The van der Waals surface area contributed by atoms with Crippen molar-refractivity contribution in [2.45, 2.75) is 32.2 Å². The number of aromatic nitrogens is 2. The molecule has 0 saturated carbocycles. The topological polar surface area (TPSA) is 20.7 Å². The average molecular weight is 280 g/mol. The number of rotatable bonds is 3. The molecule has 1 aromatic carbocycles. The Hall–Kier alpha value is -1.49. The van der Waals surface area contributed by atoms with Crippen LogP contribution in [0, 0.1) is 16.4 Å². The number of H-pyrrole nitrogens is 1. The van der Waals surface area contributed by atoms with Gasteiger partial charge in [-0.05, 0) is 50.0 Å². The molecular weight excluding hydrogens is 266 g/mol. The zero-order valence-electron chi connectivity index (χ0n) is 10.4. The lowest BCUT2D eigenvalue weighted by Crippen LogP contribution is -2.01. The largest absolute Gasteiger partial charge is 0.330 e. The van der Waals surface area contributed by atoms with E-state index >= 15 is 0 Å². The van der Waals surface area contributed by atoms with Crippen molar-refractivity contribution in [2.75, 3.05) is 0 Å². The number of allylic oxidation sites excluding steroid dienone is 2. The Morgan fingerprint density at radius 3 is 2.89 bits per heavy atom. The van der Waals surface area contributed by atoms with Gasteiger partial charge in [-0.15, -0.1) is 0 Å². The second-order valence-corrected chi connectivity index (χ2v) is 5.23. The first-order valence-electron chi connectivity index (χ1n) is 6.41. The molecule has 0 fully saturated rings. The van der Waals surface area contributed by atoms with E-state index in [2.05, 4.69) is 11.1 Å². The van der Waals surface area contributed by atoms with Gasteiger partial charge in [0.15, 0.2) is 16.4 Å². The molecule has 3 rings (SSSR count). The lowest BCUT2D eigenvalue weighted by Gasteiger charge is -2.06. The van der Waals surface area contributed by atoms with Crippen LogP contribution in [0.25, 0.3) is 11.0 Å². The van der Waals surface area contributed by atoms with Gasteiger partial charge < -0.3 is 9.55 Å². The zero-order valence-corrected chi connectivity index (χ0v) is 11.2. The van der Waals surface area contributed by atoms with Crippen LogP contribution in [0.1, 0.15) is 25.7 Å². The molecular formula is C14H14F2N2S.